The topological polar surface area (TPSA) is 35.5 Å². The zero-order valence-corrected chi connectivity index (χ0v) is 10.2. The molecule has 0 N–H and O–H groups in total. The van der Waals surface area contributed by atoms with E-state index in [1.165, 1.54) is 6.07 Å². The van der Waals surface area contributed by atoms with Gasteiger partial charge in [0.15, 0.2) is 0 Å². The van der Waals surface area contributed by atoms with Crippen molar-refractivity contribution < 1.29 is 18.7 Å². The Morgan fingerprint density at radius 3 is 2.65 bits per heavy atom. The van der Waals surface area contributed by atoms with Crippen LogP contribution < -0.4 is 0 Å². The Bertz CT molecular complexity index is 377. The molecule has 0 atom stereocenters. The summed E-state index contributed by atoms with van der Waals surface area (Å²) in [6.45, 7) is 4.88. The van der Waals surface area contributed by atoms with Gasteiger partial charge in [0.2, 0.25) is 0 Å². The fourth-order valence-corrected chi connectivity index (χ4v) is 1.41. The van der Waals surface area contributed by atoms with Crippen molar-refractivity contribution in [1.29, 1.82) is 0 Å². The van der Waals surface area contributed by atoms with Crippen molar-refractivity contribution in [1.82, 2.24) is 0 Å². The van der Waals surface area contributed by atoms with E-state index >= 15 is 0 Å². The highest BCUT2D eigenvalue weighted by Crippen LogP contribution is 2.12. The molecule has 3 nitrogen and oxygen atoms in total. The molecule has 0 saturated carbocycles. The average Bonchev–Trinajstić information content (AvgIpc) is 2.30. The first kappa shape index (κ1) is 13.6. The predicted octanol–water partition coefficient (Wildman–Crippen LogP) is 2.47. The molecule has 0 aliphatic carbocycles. The van der Waals surface area contributed by atoms with Crippen LogP contribution in [-0.2, 0) is 27.3 Å². The van der Waals surface area contributed by atoms with Gasteiger partial charge in [-0.15, -0.1) is 0 Å². The average molecular weight is 240 g/mol. The molecule has 0 amide bonds. The maximum Gasteiger partial charge on any atom is 0.310 e. The zero-order valence-electron chi connectivity index (χ0n) is 10.2. The summed E-state index contributed by atoms with van der Waals surface area (Å²) in [5, 5.41) is 0. The van der Waals surface area contributed by atoms with Crippen molar-refractivity contribution >= 4 is 5.97 Å². The van der Waals surface area contributed by atoms with Crippen molar-refractivity contribution in [2.45, 2.75) is 26.9 Å². The minimum Gasteiger partial charge on any atom is -0.466 e. The first-order chi connectivity index (χ1) is 8.17. The summed E-state index contributed by atoms with van der Waals surface area (Å²) in [6, 6.07) is 4.75. The molecular formula is C13H17FO3. The molecule has 4 heteroatoms. The van der Waals surface area contributed by atoms with Gasteiger partial charge in [-0.05, 0) is 31.0 Å². The van der Waals surface area contributed by atoms with Gasteiger partial charge < -0.3 is 9.47 Å². The molecule has 0 radical (unpaired) electrons. The number of hydrogen-bond donors (Lipinski definition) is 0. The molecule has 0 unspecified atom stereocenters. The van der Waals surface area contributed by atoms with Gasteiger partial charge in [0, 0.05) is 6.61 Å². The number of rotatable bonds is 6. The van der Waals surface area contributed by atoms with E-state index in [1.54, 1.807) is 19.1 Å². The van der Waals surface area contributed by atoms with Crippen molar-refractivity contribution in [3.8, 4) is 0 Å². The number of ether oxygens (including phenoxy) is 2. The fraction of sp³-hybridized carbons (Fsp3) is 0.462. The summed E-state index contributed by atoms with van der Waals surface area (Å²) in [5.74, 6) is -0.806. The second-order valence-electron chi connectivity index (χ2n) is 3.54. The van der Waals surface area contributed by atoms with Crippen molar-refractivity contribution in [3.63, 3.8) is 0 Å². The molecule has 17 heavy (non-hydrogen) atoms. The van der Waals surface area contributed by atoms with E-state index in [0.29, 0.717) is 25.4 Å². The van der Waals surface area contributed by atoms with Gasteiger partial charge in [-0.1, -0.05) is 12.1 Å². The monoisotopic (exact) mass is 240 g/mol. The standard InChI is InChI=1S/C13H17FO3/c1-3-16-9-10-5-6-11(12(14)7-10)8-13(15)17-4-2/h5-7H,3-4,8-9H2,1-2H3. The van der Waals surface area contributed by atoms with Crippen LogP contribution in [0.5, 0.6) is 0 Å². The molecule has 1 rings (SSSR count). The van der Waals surface area contributed by atoms with Gasteiger partial charge in [-0.2, -0.15) is 0 Å². The Balaban J connectivity index is 2.65. The molecule has 94 valence electrons. The molecule has 1 aromatic rings. The van der Waals surface area contributed by atoms with Crippen LogP contribution in [0, 0.1) is 5.82 Å². The molecule has 0 saturated heterocycles. The summed E-state index contributed by atoms with van der Waals surface area (Å²) in [5.41, 5.74) is 1.11. The van der Waals surface area contributed by atoms with Gasteiger partial charge >= 0.3 is 5.97 Å². The van der Waals surface area contributed by atoms with Crippen LogP contribution in [0.15, 0.2) is 18.2 Å². The van der Waals surface area contributed by atoms with Gasteiger partial charge in [0.1, 0.15) is 5.82 Å². The number of carbonyl (C=O) groups excluding carboxylic acids is 1. The largest absolute Gasteiger partial charge is 0.466 e. The Morgan fingerprint density at radius 1 is 1.29 bits per heavy atom. The van der Waals surface area contributed by atoms with Gasteiger partial charge in [0.25, 0.3) is 0 Å². The normalized spacial score (nSPS) is 10.3. The van der Waals surface area contributed by atoms with E-state index < -0.39 is 11.8 Å². The first-order valence-corrected chi connectivity index (χ1v) is 5.68. The molecule has 0 spiro atoms. The highest BCUT2D eigenvalue weighted by molar-refractivity contribution is 5.72. The summed E-state index contributed by atoms with van der Waals surface area (Å²) >= 11 is 0. The third kappa shape index (κ3) is 4.53. The SMILES string of the molecule is CCOCc1ccc(CC(=O)OCC)c(F)c1. The van der Waals surface area contributed by atoms with Gasteiger partial charge in [0.05, 0.1) is 19.6 Å². The summed E-state index contributed by atoms with van der Waals surface area (Å²) in [4.78, 5) is 11.2. The quantitative estimate of drug-likeness (QED) is 0.716. The molecular weight excluding hydrogens is 223 g/mol. The van der Waals surface area contributed by atoms with E-state index in [1.807, 2.05) is 6.92 Å². The molecule has 0 aliphatic rings. The van der Waals surface area contributed by atoms with Crippen molar-refractivity contribution in [2.24, 2.45) is 0 Å². The Kier molecular flexibility index (Phi) is 5.63. The summed E-state index contributed by atoms with van der Waals surface area (Å²) in [7, 11) is 0. The third-order valence-electron chi connectivity index (χ3n) is 2.23. The number of halogens is 1. The number of hydrogen-bond acceptors (Lipinski definition) is 3. The van der Waals surface area contributed by atoms with Gasteiger partial charge in [-0.3, -0.25) is 4.79 Å². The van der Waals surface area contributed by atoms with E-state index in [-0.39, 0.29) is 6.42 Å². The fourth-order valence-electron chi connectivity index (χ4n) is 1.41. The van der Waals surface area contributed by atoms with Crippen LogP contribution in [0.4, 0.5) is 4.39 Å². The van der Waals surface area contributed by atoms with E-state index in [0.717, 1.165) is 5.56 Å². The number of carbonyl (C=O) groups is 1. The van der Waals surface area contributed by atoms with Crippen LogP contribution in [0.25, 0.3) is 0 Å². The molecule has 0 heterocycles. The lowest BCUT2D eigenvalue weighted by Gasteiger charge is -2.06. The van der Waals surface area contributed by atoms with Crippen LogP contribution in [0.2, 0.25) is 0 Å². The summed E-state index contributed by atoms with van der Waals surface area (Å²) in [6.07, 6.45) is -0.0331. The smallest absolute Gasteiger partial charge is 0.310 e. The number of benzene rings is 1. The second-order valence-corrected chi connectivity index (χ2v) is 3.54. The first-order valence-electron chi connectivity index (χ1n) is 5.68. The third-order valence-corrected chi connectivity index (χ3v) is 2.23. The van der Waals surface area contributed by atoms with Gasteiger partial charge in [-0.25, -0.2) is 4.39 Å². The van der Waals surface area contributed by atoms with Crippen LogP contribution in [0.3, 0.4) is 0 Å². The minimum absolute atomic E-state index is 0.0331. The highest BCUT2D eigenvalue weighted by atomic mass is 19.1. The summed E-state index contributed by atoms with van der Waals surface area (Å²) < 4.78 is 23.6. The van der Waals surface area contributed by atoms with Crippen molar-refractivity contribution in [2.75, 3.05) is 13.2 Å². The van der Waals surface area contributed by atoms with E-state index in [4.69, 9.17) is 9.47 Å². The lowest BCUT2D eigenvalue weighted by Crippen LogP contribution is -2.09. The predicted molar refractivity (Wildman–Crippen MR) is 62.1 cm³/mol. The number of esters is 1. The van der Waals surface area contributed by atoms with Crippen LogP contribution in [-0.4, -0.2) is 19.2 Å². The molecule has 0 aliphatic heterocycles. The maximum atomic E-state index is 13.6. The minimum atomic E-state index is -0.413. The lowest BCUT2D eigenvalue weighted by atomic mass is 10.1. The van der Waals surface area contributed by atoms with Crippen LogP contribution >= 0.6 is 0 Å². The molecule has 0 aromatic heterocycles. The molecule has 1 aromatic carbocycles. The molecule has 0 fully saturated rings. The Labute approximate surface area is 101 Å². The van der Waals surface area contributed by atoms with E-state index in [2.05, 4.69) is 0 Å². The highest BCUT2D eigenvalue weighted by Gasteiger charge is 2.09. The van der Waals surface area contributed by atoms with E-state index in [9.17, 15) is 9.18 Å². The maximum absolute atomic E-state index is 13.6. The zero-order chi connectivity index (χ0) is 12.7. The Morgan fingerprint density at radius 2 is 2.06 bits per heavy atom. The Hall–Kier alpha value is -1.42. The van der Waals surface area contributed by atoms with Crippen molar-refractivity contribution in [3.05, 3.63) is 35.1 Å². The molecule has 0 bridgehead atoms. The lowest BCUT2D eigenvalue weighted by molar-refractivity contribution is -0.142. The second kappa shape index (κ2) is 7.01. The van der Waals surface area contributed by atoms with Crippen LogP contribution in [0.1, 0.15) is 25.0 Å².